The number of carbonyl (C=O) groups is 1. The minimum atomic E-state index is -0.192. The predicted molar refractivity (Wildman–Crippen MR) is 108 cm³/mol. The summed E-state index contributed by atoms with van der Waals surface area (Å²) in [4.78, 5) is 14.2. The van der Waals surface area contributed by atoms with Crippen molar-refractivity contribution in [3.05, 3.63) is 64.2 Å². The molecule has 4 rings (SSSR count). The van der Waals surface area contributed by atoms with Crippen LogP contribution >= 0.6 is 11.6 Å². The summed E-state index contributed by atoms with van der Waals surface area (Å²) in [7, 11) is 0. The Kier molecular flexibility index (Phi) is 6.15. The van der Waals surface area contributed by atoms with Crippen molar-refractivity contribution in [3.63, 3.8) is 0 Å². The highest BCUT2D eigenvalue weighted by atomic mass is 35.5. The van der Waals surface area contributed by atoms with Crippen LogP contribution < -0.4 is 15.0 Å². The first-order valence-corrected chi connectivity index (χ1v) is 10.2. The summed E-state index contributed by atoms with van der Waals surface area (Å²) in [6.45, 7) is 5.61. The maximum atomic E-state index is 12.7. The fourth-order valence-corrected chi connectivity index (χ4v) is 4.06. The summed E-state index contributed by atoms with van der Waals surface area (Å²) in [5.74, 6) is 0.662. The predicted octanol–water partition coefficient (Wildman–Crippen LogP) is 1.62. The molecular weight excluding hydrogens is 376 g/mol. The third-order valence-electron chi connectivity index (χ3n) is 5.51. The highest BCUT2D eigenvalue weighted by Crippen LogP contribution is 2.29. The lowest BCUT2D eigenvalue weighted by atomic mass is 9.96. The van der Waals surface area contributed by atoms with Crippen LogP contribution in [-0.4, -0.2) is 38.8 Å². The number of halogens is 1. The van der Waals surface area contributed by atoms with Gasteiger partial charge in [0.15, 0.2) is 0 Å². The summed E-state index contributed by atoms with van der Waals surface area (Å²) in [6.07, 6.45) is 0.654. The molecule has 148 valence electrons. The number of rotatable bonds is 5. The van der Waals surface area contributed by atoms with Gasteiger partial charge in [0, 0.05) is 17.1 Å². The van der Waals surface area contributed by atoms with Gasteiger partial charge in [-0.3, -0.25) is 4.79 Å². The molecule has 0 unspecified atom stereocenters. The van der Waals surface area contributed by atoms with Crippen molar-refractivity contribution in [3.8, 4) is 5.75 Å². The molecule has 0 spiro atoms. The van der Waals surface area contributed by atoms with Gasteiger partial charge < -0.3 is 19.7 Å². The van der Waals surface area contributed by atoms with Crippen molar-refractivity contribution < 1.29 is 19.2 Å². The Labute approximate surface area is 170 Å². The Morgan fingerprint density at radius 2 is 1.93 bits per heavy atom. The Bertz CT molecular complexity index is 836. The molecule has 2 aromatic rings. The zero-order chi connectivity index (χ0) is 19.3. The molecule has 1 atom stereocenters. The average molecular weight is 402 g/mol. The van der Waals surface area contributed by atoms with Gasteiger partial charge in [-0.25, -0.2) is 0 Å². The number of hydrogen-bond donors (Lipinski definition) is 2. The van der Waals surface area contributed by atoms with Crippen LogP contribution in [0.15, 0.2) is 42.5 Å². The number of fused-ring (bicyclic) bond motifs is 1. The van der Waals surface area contributed by atoms with E-state index in [0.717, 1.165) is 44.2 Å². The van der Waals surface area contributed by atoms with Crippen LogP contribution in [0.2, 0.25) is 5.02 Å². The van der Waals surface area contributed by atoms with E-state index in [4.69, 9.17) is 21.1 Å². The number of carbonyl (C=O) groups excluding carboxylic acids is 1. The second-order valence-corrected chi connectivity index (χ2v) is 7.93. The molecule has 2 aliphatic heterocycles. The minimum absolute atomic E-state index is 0.0270. The monoisotopic (exact) mass is 401 g/mol. The van der Waals surface area contributed by atoms with Crippen LogP contribution in [0.3, 0.4) is 0 Å². The van der Waals surface area contributed by atoms with Crippen molar-refractivity contribution >= 4 is 17.5 Å². The number of quaternary nitrogens is 1. The average Bonchev–Trinajstić information content (AvgIpc) is 2.73. The van der Waals surface area contributed by atoms with E-state index in [1.807, 2.05) is 24.3 Å². The first kappa shape index (κ1) is 19.2. The molecule has 0 saturated carbocycles. The molecule has 2 N–H and O–H groups in total. The normalized spacial score (nSPS) is 19.5. The van der Waals surface area contributed by atoms with Gasteiger partial charge in [0.2, 0.25) is 5.91 Å². The fraction of sp³-hybridized carbons (Fsp3) is 0.409. The zero-order valence-corrected chi connectivity index (χ0v) is 16.6. The van der Waals surface area contributed by atoms with E-state index in [-0.39, 0.29) is 11.8 Å². The Morgan fingerprint density at radius 1 is 1.14 bits per heavy atom. The van der Waals surface area contributed by atoms with Crippen LogP contribution in [0.25, 0.3) is 0 Å². The van der Waals surface area contributed by atoms with Crippen LogP contribution in [0.5, 0.6) is 5.75 Å². The number of ether oxygens (including phenoxy) is 2. The lowest BCUT2D eigenvalue weighted by molar-refractivity contribution is -0.921. The molecule has 5 nitrogen and oxygen atoms in total. The largest absolute Gasteiger partial charge is 0.492 e. The highest BCUT2D eigenvalue weighted by Gasteiger charge is 2.26. The van der Waals surface area contributed by atoms with Gasteiger partial charge in [0.25, 0.3) is 0 Å². The lowest BCUT2D eigenvalue weighted by Gasteiger charge is -2.26. The quantitative estimate of drug-likeness (QED) is 0.800. The summed E-state index contributed by atoms with van der Waals surface area (Å²) in [5, 5.41) is 3.78. The second-order valence-electron chi connectivity index (χ2n) is 7.49. The molecular formula is C22H26ClN2O3+. The Hall–Kier alpha value is -2.08. The van der Waals surface area contributed by atoms with Gasteiger partial charge in [0.1, 0.15) is 32.0 Å². The SMILES string of the molecule is O=C(NCc1ccccc1C[NH+]1CCOCC1)[C@@H]1COc2ccc(Cl)cc2C1. The van der Waals surface area contributed by atoms with Gasteiger partial charge in [-0.2, -0.15) is 0 Å². The standard InChI is InChI=1S/C22H25ClN2O3/c23-20-5-6-21-18(12-20)11-19(15-28-21)22(26)24-13-16-3-1-2-4-17(16)14-25-7-9-27-10-8-25/h1-6,12,19H,7-11,13-15H2,(H,24,26)/p+1/t19-/m0/s1. The molecule has 0 bridgehead atoms. The topological polar surface area (TPSA) is 52.0 Å². The molecule has 2 heterocycles. The summed E-state index contributed by atoms with van der Waals surface area (Å²) in [6, 6.07) is 13.9. The van der Waals surface area contributed by atoms with Gasteiger partial charge in [-0.05, 0) is 35.7 Å². The van der Waals surface area contributed by atoms with Crippen LogP contribution in [0, 0.1) is 5.92 Å². The van der Waals surface area contributed by atoms with E-state index in [1.54, 1.807) is 0 Å². The van der Waals surface area contributed by atoms with Crippen molar-refractivity contribution in [2.45, 2.75) is 19.5 Å². The van der Waals surface area contributed by atoms with Crippen LogP contribution in [0.1, 0.15) is 16.7 Å². The van der Waals surface area contributed by atoms with Crippen molar-refractivity contribution in [1.29, 1.82) is 0 Å². The van der Waals surface area contributed by atoms with E-state index in [9.17, 15) is 4.79 Å². The fourth-order valence-electron chi connectivity index (χ4n) is 3.87. The van der Waals surface area contributed by atoms with Crippen molar-refractivity contribution in [1.82, 2.24) is 5.32 Å². The Balaban J connectivity index is 1.36. The van der Waals surface area contributed by atoms with Gasteiger partial charge in [0.05, 0.1) is 19.1 Å². The van der Waals surface area contributed by atoms with Crippen LogP contribution in [0.4, 0.5) is 0 Å². The molecule has 0 radical (unpaired) electrons. The highest BCUT2D eigenvalue weighted by molar-refractivity contribution is 6.30. The lowest BCUT2D eigenvalue weighted by Crippen LogP contribution is -3.12. The van der Waals surface area contributed by atoms with Crippen molar-refractivity contribution in [2.75, 3.05) is 32.9 Å². The molecule has 2 aromatic carbocycles. The van der Waals surface area contributed by atoms with E-state index in [2.05, 4.69) is 23.5 Å². The van der Waals surface area contributed by atoms with E-state index in [0.29, 0.717) is 24.6 Å². The van der Waals surface area contributed by atoms with Crippen LogP contribution in [-0.2, 0) is 29.0 Å². The molecule has 0 aliphatic carbocycles. The molecule has 2 aliphatic rings. The van der Waals surface area contributed by atoms with E-state index in [1.165, 1.54) is 16.0 Å². The molecule has 1 amide bonds. The minimum Gasteiger partial charge on any atom is -0.492 e. The Morgan fingerprint density at radius 3 is 2.75 bits per heavy atom. The summed E-state index contributed by atoms with van der Waals surface area (Å²) < 4.78 is 11.2. The third-order valence-corrected chi connectivity index (χ3v) is 5.75. The molecule has 6 heteroatoms. The smallest absolute Gasteiger partial charge is 0.227 e. The molecule has 1 fully saturated rings. The number of benzene rings is 2. The maximum Gasteiger partial charge on any atom is 0.227 e. The number of amides is 1. The molecule has 0 aromatic heterocycles. The maximum absolute atomic E-state index is 12.7. The first-order valence-electron chi connectivity index (χ1n) is 9.86. The second kappa shape index (κ2) is 8.95. The summed E-state index contributed by atoms with van der Waals surface area (Å²) in [5.41, 5.74) is 3.46. The third kappa shape index (κ3) is 4.66. The number of morpholine rings is 1. The van der Waals surface area contributed by atoms with Crippen molar-refractivity contribution in [2.24, 2.45) is 5.92 Å². The van der Waals surface area contributed by atoms with Gasteiger partial charge in [-0.15, -0.1) is 0 Å². The molecule has 28 heavy (non-hydrogen) atoms. The number of hydrogen-bond acceptors (Lipinski definition) is 3. The summed E-state index contributed by atoms with van der Waals surface area (Å²) >= 11 is 6.08. The molecule has 1 saturated heterocycles. The van der Waals surface area contributed by atoms with Gasteiger partial charge in [-0.1, -0.05) is 35.9 Å². The first-order chi connectivity index (χ1) is 13.7. The van der Waals surface area contributed by atoms with Gasteiger partial charge >= 0.3 is 0 Å². The zero-order valence-electron chi connectivity index (χ0n) is 15.9. The van der Waals surface area contributed by atoms with E-state index < -0.39 is 0 Å². The van der Waals surface area contributed by atoms with E-state index >= 15 is 0 Å². The number of nitrogens with one attached hydrogen (secondary N) is 2.